The van der Waals surface area contributed by atoms with Gasteiger partial charge in [0.15, 0.2) is 5.69 Å². The Hall–Kier alpha value is -2.26. The number of carbonyl (C=O) groups excluding carboxylic acids is 1. The highest BCUT2D eigenvalue weighted by Gasteiger charge is 2.24. The van der Waals surface area contributed by atoms with Crippen molar-refractivity contribution >= 4 is 5.91 Å². The van der Waals surface area contributed by atoms with Crippen LogP contribution in [-0.4, -0.2) is 40.3 Å². The lowest BCUT2D eigenvalue weighted by atomic mass is 10.1. The Morgan fingerprint density at radius 3 is 2.52 bits per heavy atom. The fourth-order valence-corrected chi connectivity index (χ4v) is 2.89. The Morgan fingerprint density at radius 1 is 1.24 bits per heavy atom. The van der Waals surface area contributed by atoms with Crippen molar-refractivity contribution in [1.29, 1.82) is 0 Å². The second-order valence-electron chi connectivity index (χ2n) is 6.60. The normalized spacial score (nSPS) is 16.2. The average Bonchev–Trinajstić information content (AvgIpc) is 3.24. The molecular formula is C17H25N7O. The van der Waals surface area contributed by atoms with Crippen molar-refractivity contribution < 1.29 is 4.79 Å². The molecule has 0 bridgehead atoms. The predicted octanol–water partition coefficient (Wildman–Crippen LogP) is 0.640. The van der Waals surface area contributed by atoms with Gasteiger partial charge in [-0.1, -0.05) is 24.6 Å². The molecule has 1 fully saturated rings. The van der Waals surface area contributed by atoms with Crippen molar-refractivity contribution in [3.63, 3.8) is 0 Å². The van der Waals surface area contributed by atoms with Crippen molar-refractivity contribution in [2.75, 3.05) is 13.6 Å². The van der Waals surface area contributed by atoms with E-state index in [1.807, 2.05) is 44.2 Å². The van der Waals surface area contributed by atoms with Gasteiger partial charge in [0.05, 0.1) is 11.9 Å². The molecule has 2 heterocycles. The Morgan fingerprint density at radius 2 is 1.88 bits per heavy atom. The first-order valence-corrected chi connectivity index (χ1v) is 8.36. The van der Waals surface area contributed by atoms with Crippen molar-refractivity contribution in [1.82, 2.24) is 36.6 Å². The molecule has 1 aliphatic rings. The summed E-state index contributed by atoms with van der Waals surface area (Å²) in [4.78, 5) is 14.4. The molecule has 25 heavy (non-hydrogen) atoms. The highest BCUT2D eigenvalue weighted by Crippen LogP contribution is 2.15. The average molecular weight is 343 g/mol. The minimum absolute atomic E-state index is 0.0436. The molecule has 0 aliphatic carbocycles. The maximum Gasteiger partial charge on any atom is 0.274 e. The van der Waals surface area contributed by atoms with Crippen LogP contribution in [0.4, 0.5) is 0 Å². The Labute approximate surface area is 147 Å². The zero-order valence-electron chi connectivity index (χ0n) is 15.0. The van der Waals surface area contributed by atoms with Crippen molar-refractivity contribution in [2.45, 2.75) is 26.9 Å². The second-order valence-corrected chi connectivity index (χ2v) is 6.60. The summed E-state index contributed by atoms with van der Waals surface area (Å²) < 4.78 is 1.80. The Kier molecular flexibility index (Phi) is 5.14. The van der Waals surface area contributed by atoms with Crippen molar-refractivity contribution in [2.24, 2.45) is 5.92 Å². The number of hydrazine groups is 3. The maximum absolute atomic E-state index is 12.7. The van der Waals surface area contributed by atoms with Crippen LogP contribution in [-0.2, 0) is 0 Å². The van der Waals surface area contributed by atoms with Gasteiger partial charge in [-0.25, -0.2) is 15.5 Å². The van der Waals surface area contributed by atoms with E-state index in [4.69, 9.17) is 0 Å². The zero-order chi connectivity index (χ0) is 18.0. The third kappa shape index (κ3) is 3.88. The molecule has 1 amide bonds. The molecular weight excluding hydrogens is 318 g/mol. The Balaban J connectivity index is 1.71. The lowest BCUT2D eigenvalue weighted by molar-refractivity contribution is 0.0758. The first-order valence-electron chi connectivity index (χ1n) is 8.36. The number of benzene rings is 1. The first-order chi connectivity index (χ1) is 12.0. The van der Waals surface area contributed by atoms with Crippen molar-refractivity contribution in [3.05, 3.63) is 47.3 Å². The predicted molar refractivity (Wildman–Crippen MR) is 95.5 cm³/mol. The van der Waals surface area contributed by atoms with Gasteiger partial charge in [0, 0.05) is 25.2 Å². The summed E-state index contributed by atoms with van der Waals surface area (Å²) in [5, 5.41) is 4.51. The molecule has 134 valence electrons. The number of aromatic nitrogens is 2. The summed E-state index contributed by atoms with van der Waals surface area (Å²) in [6.07, 6.45) is 0.0436. The Bertz CT molecular complexity index is 734. The maximum atomic E-state index is 12.7. The molecule has 0 saturated carbocycles. The molecule has 8 heteroatoms. The monoisotopic (exact) mass is 343 g/mol. The number of aryl methyl sites for hydroxylation is 2. The van der Waals surface area contributed by atoms with Gasteiger partial charge in [0.25, 0.3) is 5.91 Å². The standard InChI is InChI=1S/C17H25N7O/c1-11-5-7-14(8-6-11)24-13(3)9-15(20-24)17(25)23(4)10-12(2)16-18-21-22-19-16/h5-9,12,16,18-19,21-22H,10H2,1-4H3. The zero-order valence-corrected chi connectivity index (χ0v) is 15.0. The molecule has 3 rings (SSSR count). The number of hydrogen-bond donors (Lipinski definition) is 4. The summed E-state index contributed by atoms with van der Waals surface area (Å²) in [5.74, 6) is 0.122. The van der Waals surface area contributed by atoms with Crippen LogP contribution in [0.2, 0.25) is 0 Å². The van der Waals surface area contributed by atoms with Crippen LogP contribution in [0.1, 0.15) is 28.7 Å². The lowest BCUT2D eigenvalue weighted by Gasteiger charge is -2.24. The van der Waals surface area contributed by atoms with E-state index in [-0.39, 0.29) is 18.0 Å². The lowest BCUT2D eigenvalue weighted by Crippen LogP contribution is -2.45. The molecule has 2 aromatic rings. The number of carbonyl (C=O) groups is 1. The number of amides is 1. The molecule has 1 saturated heterocycles. The van der Waals surface area contributed by atoms with Crippen LogP contribution in [0.5, 0.6) is 0 Å². The topological polar surface area (TPSA) is 86.2 Å². The SMILES string of the molecule is Cc1ccc(-n2nc(C(=O)N(C)CC(C)C3NNNN3)cc2C)cc1. The van der Waals surface area contributed by atoms with Crippen LogP contribution in [0.15, 0.2) is 30.3 Å². The molecule has 8 nitrogen and oxygen atoms in total. The summed E-state index contributed by atoms with van der Waals surface area (Å²) >= 11 is 0. The fourth-order valence-electron chi connectivity index (χ4n) is 2.89. The van der Waals surface area contributed by atoms with Gasteiger partial charge in [-0.15, -0.1) is 0 Å². The minimum Gasteiger partial charge on any atom is -0.340 e. The van der Waals surface area contributed by atoms with E-state index in [0.29, 0.717) is 12.2 Å². The van der Waals surface area contributed by atoms with Crippen LogP contribution < -0.4 is 21.9 Å². The third-order valence-corrected chi connectivity index (χ3v) is 4.38. The van der Waals surface area contributed by atoms with Gasteiger partial charge in [0.1, 0.15) is 0 Å². The number of hydrogen-bond acceptors (Lipinski definition) is 6. The summed E-state index contributed by atoms with van der Waals surface area (Å²) in [6.45, 7) is 6.67. The van der Waals surface area contributed by atoms with Crippen LogP contribution in [0, 0.1) is 19.8 Å². The van der Waals surface area contributed by atoms with E-state index in [9.17, 15) is 4.79 Å². The van der Waals surface area contributed by atoms with Gasteiger partial charge in [-0.05, 0) is 32.0 Å². The van der Waals surface area contributed by atoms with E-state index in [1.165, 1.54) is 5.56 Å². The minimum atomic E-state index is -0.0836. The highest BCUT2D eigenvalue weighted by molar-refractivity contribution is 5.92. The van der Waals surface area contributed by atoms with Gasteiger partial charge in [-0.2, -0.15) is 16.2 Å². The molecule has 1 unspecified atom stereocenters. The summed E-state index contributed by atoms with van der Waals surface area (Å²) in [7, 11) is 1.80. The van der Waals surface area contributed by atoms with E-state index in [2.05, 4.69) is 33.9 Å². The van der Waals surface area contributed by atoms with E-state index in [0.717, 1.165) is 11.4 Å². The van der Waals surface area contributed by atoms with Gasteiger partial charge in [0.2, 0.25) is 0 Å². The van der Waals surface area contributed by atoms with Gasteiger partial charge in [-0.3, -0.25) is 4.79 Å². The van der Waals surface area contributed by atoms with Crippen LogP contribution in [0.3, 0.4) is 0 Å². The van der Waals surface area contributed by atoms with Gasteiger partial charge >= 0.3 is 0 Å². The first kappa shape index (κ1) is 17.6. The summed E-state index contributed by atoms with van der Waals surface area (Å²) in [5.41, 5.74) is 15.2. The number of rotatable bonds is 5. The molecule has 1 aromatic heterocycles. The van der Waals surface area contributed by atoms with E-state index < -0.39 is 0 Å². The number of nitrogens with one attached hydrogen (secondary N) is 4. The fraction of sp³-hybridized carbons (Fsp3) is 0.412. The quantitative estimate of drug-likeness (QED) is 0.637. The molecule has 1 aromatic carbocycles. The van der Waals surface area contributed by atoms with E-state index >= 15 is 0 Å². The summed E-state index contributed by atoms with van der Waals surface area (Å²) in [6, 6.07) is 9.92. The van der Waals surface area contributed by atoms with E-state index in [1.54, 1.807) is 16.6 Å². The molecule has 1 atom stereocenters. The molecule has 4 N–H and O–H groups in total. The highest BCUT2D eigenvalue weighted by atomic mass is 16.2. The largest absolute Gasteiger partial charge is 0.340 e. The van der Waals surface area contributed by atoms with Crippen LogP contribution in [0.25, 0.3) is 5.69 Å². The number of nitrogens with zero attached hydrogens (tertiary/aromatic N) is 3. The smallest absolute Gasteiger partial charge is 0.274 e. The second kappa shape index (κ2) is 7.32. The van der Waals surface area contributed by atoms with Crippen molar-refractivity contribution in [3.8, 4) is 5.69 Å². The third-order valence-electron chi connectivity index (χ3n) is 4.38. The van der Waals surface area contributed by atoms with Gasteiger partial charge < -0.3 is 4.90 Å². The van der Waals surface area contributed by atoms with Crippen LogP contribution >= 0.6 is 0 Å². The molecule has 0 spiro atoms. The molecule has 1 aliphatic heterocycles. The molecule has 0 radical (unpaired) electrons.